The fourth-order valence-electron chi connectivity index (χ4n) is 2.73. The molecule has 0 bridgehead atoms. The zero-order valence-corrected chi connectivity index (χ0v) is 15.3. The largest absolute Gasteiger partial charge is 0.498 e. The molecule has 128 valence electrons. The fourth-order valence-corrected chi connectivity index (χ4v) is 2.73. The number of nitrogens with zero attached hydrogens (tertiary/aromatic N) is 2. The van der Waals surface area contributed by atoms with Crippen LogP contribution in [-0.4, -0.2) is 35.2 Å². The van der Waals surface area contributed by atoms with Crippen molar-refractivity contribution in [3.05, 3.63) is 41.7 Å². The van der Waals surface area contributed by atoms with E-state index in [1.807, 2.05) is 42.1 Å². The van der Waals surface area contributed by atoms with Crippen LogP contribution < -0.4 is 10.2 Å². The standard InChI is InChI=1S/C18H25BN2O3/c1-13-16(19-23-17(2,3)18(4,5)24-19)12-21(20-13)11-14-7-9-15(22-6)10-8-14/h7-10,12H,11H2,1-6H3. The summed E-state index contributed by atoms with van der Waals surface area (Å²) in [7, 11) is 1.29. The monoisotopic (exact) mass is 328 g/mol. The van der Waals surface area contributed by atoms with Gasteiger partial charge in [0.1, 0.15) is 5.75 Å². The Balaban J connectivity index is 1.78. The van der Waals surface area contributed by atoms with Gasteiger partial charge in [-0.1, -0.05) is 12.1 Å². The molecule has 3 rings (SSSR count). The van der Waals surface area contributed by atoms with E-state index < -0.39 is 0 Å². The summed E-state index contributed by atoms with van der Waals surface area (Å²) in [4.78, 5) is 0. The normalized spacial score (nSPS) is 18.8. The van der Waals surface area contributed by atoms with Gasteiger partial charge in [-0.15, -0.1) is 0 Å². The molecule has 2 aromatic rings. The molecule has 1 saturated heterocycles. The smallest absolute Gasteiger partial charge is 0.497 e. The minimum Gasteiger partial charge on any atom is -0.497 e. The van der Waals surface area contributed by atoms with Crippen LogP contribution in [0.15, 0.2) is 30.5 Å². The summed E-state index contributed by atoms with van der Waals surface area (Å²) in [5.74, 6) is 0.855. The maximum atomic E-state index is 6.13. The van der Waals surface area contributed by atoms with E-state index in [1.54, 1.807) is 7.11 Å². The van der Waals surface area contributed by atoms with Gasteiger partial charge in [0.2, 0.25) is 0 Å². The average Bonchev–Trinajstić information content (AvgIpc) is 2.96. The maximum Gasteiger partial charge on any atom is 0.498 e. The highest BCUT2D eigenvalue weighted by atomic mass is 16.7. The summed E-state index contributed by atoms with van der Waals surface area (Å²) in [6.07, 6.45) is 2.02. The maximum absolute atomic E-state index is 6.13. The van der Waals surface area contributed by atoms with E-state index in [0.717, 1.165) is 16.9 Å². The average molecular weight is 328 g/mol. The highest BCUT2D eigenvalue weighted by Gasteiger charge is 2.52. The van der Waals surface area contributed by atoms with Crippen molar-refractivity contribution in [1.29, 1.82) is 0 Å². The summed E-state index contributed by atoms with van der Waals surface area (Å²) in [5, 5.41) is 4.61. The molecule has 0 amide bonds. The van der Waals surface area contributed by atoms with Crippen molar-refractivity contribution >= 4 is 12.6 Å². The molecule has 0 atom stereocenters. The Bertz CT molecular complexity index is 706. The van der Waals surface area contributed by atoms with Crippen LogP contribution in [0, 0.1) is 6.92 Å². The minimum atomic E-state index is -0.375. The third kappa shape index (κ3) is 3.08. The Morgan fingerprint density at radius 3 is 2.21 bits per heavy atom. The van der Waals surface area contributed by atoms with E-state index in [4.69, 9.17) is 14.0 Å². The van der Waals surface area contributed by atoms with Crippen LogP contribution in [0.5, 0.6) is 5.75 Å². The lowest BCUT2D eigenvalue weighted by Crippen LogP contribution is -2.41. The summed E-state index contributed by atoms with van der Waals surface area (Å²) >= 11 is 0. The molecule has 0 N–H and O–H groups in total. The van der Waals surface area contributed by atoms with Crippen LogP contribution in [0.3, 0.4) is 0 Å². The Kier molecular flexibility index (Phi) is 4.22. The van der Waals surface area contributed by atoms with E-state index in [-0.39, 0.29) is 18.3 Å². The van der Waals surface area contributed by atoms with Gasteiger partial charge in [-0.25, -0.2) is 0 Å². The molecule has 1 fully saturated rings. The predicted molar refractivity (Wildman–Crippen MR) is 94.8 cm³/mol. The van der Waals surface area contributed by atoms with Gasteiger partial charge in [0, 0.05) is 11.7 Å². The van der Waals surface area contributed by atoms with Gasteiger partial charge in [-0.3, -0.25) is 4.68 Å². The number of aryl methyl sites for hydroxylation is 1. The first-order valence-electron chi connectivity index (χ1n) is 8.24. The summed E-state index contributed by atoms with van der Waals surface area (Å²) in [5.41, 5.74) is 2.40. The molecule has 1 aliphatic heterocycles. The quantitative estimate of drug-likeness (QED) is 0.809. The number of rotatable bonds is 4. The highest BCUT2D eigenvalue weighted by Crippen LogP contribution is 2.36. The molecule has 2 heterocycles. The van der Waals surface area contributed by atoms with Gasteiger partial charge in [-0.2, -0.15) is 5.10 Å². The molecule has 0 unspecified atom stereocenters. The van der Waals surface area contributed by atoms with Gasteiger partial charge in [0.15, 0.2) is 0 Å². The number of ether oxygens (including phenoxy) is 1. The van der Waals surface area contributed by atoms with Crippen molar-refractivity contribution in [2.75, 3.05) is 7.11 Å². The van der Waals surface area contributed by atoms with Crippen molar-refractivity contribution < 1.29 is 14.0 Å². The third-order valence-electron chi connectivity index (χ3n) is 5.00. The topological polar surface area (TPSA) is 45.5 Å². The van der Waals surface area contributed by atoms with E-state index >= 15 is 0 Å². The van der Waals surface area contributed by atoms with Crippen LogP contribution in [-0.2, 0) is 15.9 Å². The molecular weight excluding hydrogens is 303 g/mol. The fraction of sp³-hybridized carbons (Fsp3) is 0.500. The van der Waals surface area contributed by atoms with E-state index in [9.17, 15) is 0 Å². The van der Waals surface area contributed by atoms with Gasteiger partial charge >= 0.3 is 7.12 Å². The predicted octanol–water partition coefficient (Wildman–Crippen LogP) is 2.55. The number of aromatic nitrogens is 2. The SMILES string of the molecule is COc1ccc(Cn2cc(B3OC(C)(C)C(C)(C)O3)c(C)n2)cc1. The highest BCUT2D eigenvalue weighted by molar-refractivity contribution is 6.62. The lowest BCUT2D eigenvalue weighted by Gasteiger charge is -2.32. The van der Waals surface area contributed by atoms with Crippen molar-refractivity contribution in [1.82, 2.24) is 9.78 Å². The van der Waals surface area contributed by atoms with Crippen molar-refractivity contribution in [3.63, 3.8) is 0 Å². The number of benzene rings is 1. The first kappa shape index (κ1) is 17.1. The molecule has 1 aromatic carbocycles. The lowest BCUT2D eigenvalue weighted by molar-refractivity contribution is 0.00578. The first-order chi connectivity index (χ1) is 11.2. The zero-order valence-electron chi connectivity index (χ0n) is 15.3. The van der Waals surface area contributed by atoms with Gasteiger partial charge < -0.3 is 14.0 Å². The van der Waals surface area contributed by atoms with Crippen LogP contribution >= 0.6 is 0 Å². The lowest BCUT2D eigenvalue weighted by atomic mass is 9.79. The molecule has 1 aromatic heterocycles. The second kappa shape index (κ2) is 5.94. The summed E-state index contributed by atoms with van der Waals surface area (Å²) < 4.78 is 19.4. The van der Waals surface area contributed by atoms with E-state index in [2.05, 4.69) is 32.8 Å². The van der Waals surface area contributed by atoms with Crippen molar-refractivity contribution in [2.24, 2.45) is 0 Å². The first-order valence-corrected chi connectivity index (χ1v) is 8.24. The van der Waals surface area contributed by atoms with Crippen LogP contribution in [0.4, 0.5) is 0 Å². The number of hydrogen-bond acceptors (Lipinski definition) is 4. The summed E-state index contributed by atoms with van der Waals surface area (Å²) in [6, 6.07) is 8.01. The zero-order chi connectivity index (χ0) is 17.5. The van der Waals surface area contributed by atoms with Gasteiger partial charge in [0.25, 0.3) is 0 Å². The molecule has 1 aliphatic rings. The Labute approximate surface area is 144 Å². The Morgan fingerprint density at radius 2 is 1.67 bits per heavy atom. The molecule has 0 saturated carbocycles. The van der Waals surface area contributed by atoms with Gasteiger partial charge in [0.05, 0.1) is 30.6 Å². The third-order valence-corrected chi connectivity index (χ3v) is 5.00. The number of hydrogen-bond donors (Lipinski definition) is 0. The van der Waals surface area contributed by atoms with Crippen molar-refractivity contribution in [3.8, 4) is 5.75 Å². The van der Waals surface area contributed by atoms with Gasteiger partial charge in [-0.05, 0) is 52.3 Å². The van der Waals surface area contributed by atoms with E-state index in [0.29, 0.717) is 6.54 Å². The molecular formula is C18H25BN2O3. The second-order valence-electron chi connectivity index (χ2n) is 7.30. The Hall–Kier alpha value is -1.79. The van der Waals surface area contributed by atoms with Crippen LogP contribution in [0.25, 0.3) is 0 Å². The molecule has 0 aliphatic carbocycles. The Morgan fingerprint density at radius 1 is 1.08 bits per heavy atom. The molecule has 5 nitrogen and oxygen atoms in total. The molecule has 0 radical (unpaired) electrons. The number of methoxy groups -OCH3 is 1. The summed E-state index contributed by atoms with van der Waals surface area (Å²) in [6.45, 7) is 10.9. The van der Waals surface area contributed by atoms with Crippen LogP contribution in [0.1, 0.15) is 39.0 Å². The van der Waals surface area contributed by atoms with E-state index in [1.165, 1.54) is 5.56 Å². The minimum absolute atomic E-state index is 0.345. The molecule has 24 heavy (non-hydrogen) atoms. The molecule has 0 spiro atoms. The molecule has 6 heteroatoms. The van der Waals surface area contributed by atoms with Crippen molar-refractivity contribution in [2.45, 2.75) is 52.4 Å². The second-order valence-corrected chi connectivity index (χ2v) is 7.30. The van der Waals surface area contributed by atoms with Crippen LogP contribution in [0.2, 0.25) is 0 Å².